The van der Waals surface area contributed by atoms with E-state index < -0.39 is 11.2 Å². The molecule has 6 atom stereocenters. The van der Waals surface area contributed by atoms with Gasteiger partial charge in [0.2, 0.25) is 17.7 Å². The van der Waals surface area contributed by atoms with Crippen molar-refractivity contribution in [1.82, 2.24) is 29.8 Å². The van der Waals surface area contributed by atoms with Crippen LogP contribution < -0.4 is 21.7 Å². The minimum Gasteiger partial charge on any atom is -0.444 e. The van der Waals surface area contributed by atoms with Gasteiger partial charge in [0, 0.05) is 77.3 Å². The molecule has 3 aliphatic rings. The van der Waals surface area contributed by atoms with E-state index in [0.29, 0.717) is 31.0 Å². The maximum Gasteiger partial charge on any atom is 0.410 e. The standard InChI is InChI=1S/C21H33N3O3.C17H24BrNO2.C16H25N3O.C4H10N2O.2CH4/c1-15-7-12-18(24(14-15)20(26)27-21(2,3)4)16-8-10-17(11-9-16)22-13-19(25)23(5)6;1-12-5-10-15(13-6-8-14(18)9-7-13)19(11-12)16(20)21-17(2,3)4;1-12-4-9-15(18-10-12)13-5-7-14(8-6-13)17-11-16(20)19(2)3;1-6(2)4(7)3-5;;/h8-11,15,18,22H,7,12-14H2,1-6H3;6-9,12,15H,5,10-11H2,1-4H3;5-8,12,15,17-18H,4,9-11H2,1-3H3;3,5H2,1-2H3;2*1H4/t15-,18-;2*12-,15+;;;/m001.../s1. The Hall–Kier alpha value is -5.39. The zero-order chi connectivity index (χ0) is 56.2. The minimum absolute atomic E-state index is 0. The van der Waals surface area contributed by atoms with Crippen molar-refractivity contribution in [2.75, 3.05) is 92.2 Å². The molecule has 3 heterocycles. The van der Waals surface area contributed by atoms with Gasteiger partial charge in [0.15, 0.2) is 0 Å². The zero-order valence-electron chi connectivity index (χ0n) is 47.9. The van der Waals surface area contributed by atoms with Crippen molar-refractivity contribution in [3.8, 4) is 0 Å². The molecule has 3 fully saturated rings. The van der Waals surface area contributed by atoms with Gasteiger partial charge in [-0.05, 0) is 157 Å². The Balaban J connectivity index is 0.000000542. The van der Waals surface area contributed by atoms with Gasteiger partial charge in [-0.25, -0.2) is 9.59 Å². The minimum atomic E-state index is -0.505. The van der Waals surface area contributed by atoms with Crippen molar-refractivity contribution >= 4 is 57.2 Å². The van der Waals surface area contributed by atoms with Crippen molar-refractivity contribution in [3.05, 3.63) is 94.0 Å². The number of nitrogens with zero attached hydrogens (tertiary/aromatic N) is 5. The lowest BCUT2D eigenvalue weighted by molar-refractivity contribution is -0.127. The fourth-order valence-corrected chi connectivity index (χ4v) is 8.79. The van der Waals surface area contributed by atoms with E-state index in [1.165, 1.54) is 28.9 Å². The molecule has 0 aliphatic carbocycles. The summed E-state index contributed by atoms with van der Waals surface area (Å²) in [6.07, 6.45) is 6.16. The quantitative estimate of drug-likeness (QED) is 0.152. The second-order valence-corrected chi connectivity index (χ2v) is 23.8. The molecule has 3 saturated heterocycles. The molecular formula is C60H100BrN9O7. The third-order valence-electron chi connectivity index (χ3n) is 13.0. The lowest BCUT2D eigenvalue weighted by Gasteiger charge is -2.39. The highest BCUT2D eigenvalue weighted by Gasteiger charge is 2.35. The van der Waals surface area contributed by atoms with Gasteiger partial charge in [0.25, 0.3) is 0 Å². The number of nitrogens with two attached hydrogens (primary N) is 1. The Morgan fingerprint density at radius 3 is 1.22 bits per heavy atom. The van der Waals surface area contributed by atoms with Gasteiger partial charge in [-0.1, -0.05) is 88.0 Å². The van der Waals surface area contributed by atoms with E-state index >= 15 is 0 Å². The predicted octanol–water partition coefficient (Wildman–Crippen LogP) is 11.6. The topological polar surface area (TPSA) is 182 Å². The Kier molecular flexibility index (Phi) is 30.0. The molecule has 434 valence electrons. The summed E-state index contributed by atoms with van der Waals surface area (Å²) in [5, 5.41) is 9.87. The molecule has 0 bridgehead atoms. The van der Waals surface area contributed by atoms with Crippen molar-refractivity contribution < 1.29 is 33.4 Å². The maximum atomic E-state index is 12.7. The number of benzene rings is 3. The van der Waals surface area contributed by atoms with E-state index in [1.54, 1.807) is 52.1 Å². The molecule has 6 rings (SSSR count). The number of anilines is 2. The van der Waals surface area contributed by atoms with E-state index in [9.17, 15) is 24.0 Å². The van der Waals surface area contributed by atoms with Crippen LogP contribution in [0.4, 0.5) is 21.0 Å². The highest BCUT2D eigenvalue weighted by atomic mass is 79.9. The Morgan fingerprint density at radius 1 is 0.558 bits per heavy atom. The number of piperidine rings is 3. The maximum absolute atomic E-state index is 12.7. The lowest BCUT2D eigenvalue weighted by Crippen LogP contribution is -2.44. The summed E-state index contributed by atoms with van der Waals surface area (Å²) in [5.74, 6) is 1.83. The van der Waals surface area contributed by atoms with Gasteiger partial charge in [0.1, 0.15) is 11.2 Å². The number of hydrogen-bond acceptors (Lipinski definition) is 11. The van der Waals surface area contributed by atoms with Gasteiger partial charge >= 0.3 is 12.2 Å². The van der Waals surface area contributed by atoms with E-state index in [4.69, 9.17) is 15.2 Å². The number of carbonyl (C=O) groups is 5. The van der Waals surface area contributed by atoms with Crippen LogP contribution in [0.15, 0.2) is 77.3 Å². The number of halogens is 1. The molecule has 3 aromatic rings. The van der Waals surface area contributed by atoms with Crippen molar-refractivity contribution in [3.63, 3.8) is 0 Å². The Labute approximate surface area is 473 Å². The first-order valence-electron chi connectivity index (χ1n) is 26.5. The normalized spacial score (nSPS) is 19.9. The number of rotatable bonds is 10. The second kappa shape index (κ2) is 33.1. The fraction of sp³-hybridized carbons (Fsp3) is 0.617. The van der Waals surface area contributed by atoms with Gasteiger partial charge in [0.05, 0.1) is 31.7 Å². The third-order valence-corrected chi connectivity index (χ3v) is 13.5. The van der Waals surface area contributed by atoms with Crippen LogP contribution in [0.3, 0.4) is 0 Å². The average molecular weight is 1140 g/mol. The summed E-state index contributed by atoms with van der Waals surface area (Å²) >= 11 is 3.46. The Bertz CT molecular complexity index is 2220. The molecule has 0 radical (unpaired) electrons. The fourth-order valence-electron chi connectivity index (χ4n) is 8.52. The first-order chi connectivity index (χ1) is 35.1. The number of hydrogen-bond donors (Lipinski definition) is 4. The largest absolute Gasteiger partial charge is 0.444 e. The molecule has 5 N–H and O–H groups in total. The molecule has 3 aliphatic heterocycles. The molecule has 0 unspecified atom stereocenters. The molecule has 17 heteroatoms. The molecule has 0 aromatic heterocycles. The van der Waals surface area contributed by atoms with E-state index in [0.717, 1.165) is 66.1 Å². The van der Waals surface area contributed by atoms with Crippen molar-refractivity contribution in [2.45, 2.75) is 145 Å². The monoisotopic (exact) mass is 1140 g/mol. The van der Waals surface area contributed by atoms with E-state index in [1.807, 2.05) is 87.7 Å². The van der Waals surface area contributed by atoms with E-state index in [-0.39, 0.29) is 69.9 Å². The summed E-state index contributed by atoms with van der Waals surface area (Å²) in [7, 11) is 10.4. The second-order valence-electron chi connectivity index (χ2n) is 22.9. The van der Waals surface area contributed by atoms with Gasteiger partial charge < -0.3 is 55.7 Å². The molecule has 16 nitrogen and oxygen atoms in total. The van der Waals surface area contributed by atoms with Crippen molar-refractivity contribution in [2.24, 2.45) is 23.5 Å². The first-order valence-corrected chi connectivity index (χ1v) is 27.3. The molecule has 3 aromatic carbocycles. The first kappa shape index (κ1) is 69.6. The van der Waals surface area contributed by atoms with Crippen LogP contribution in [0, 0.1) is 17.8 Å². The van der Waals surface area contributed by atoms with Crippen LogP contribution in [0.5, 0.6) is 0 Å². The molecule has 0 saturated carbocycles. The smallest absolute Gasteiger partial charge is 0.410 e. The van der Waals surface area contributed by atoms with Gasteiger partial charge in [-0.15, -0.1) is 0 Å². The third kappa shape index (κ3) is 25.3. The van der Waals surface area contributed by atoms with Gasteiger partial charge in [-0.2, -0.15) is 0 Å². The lowest BCUT2D eigenvalue weighted by atomic mass is 9.90. The van der Waals surface area contributed by atoms with E-state index in [2.05, 4.69) is 89.0 Å². The Morgan fingerprint density at radius 2 is 0.909 bits per heavy atom. The highest BCUT2D eigenvalue weighted by Crippen LogP contribution is 2.36. The summed E-state index contributed by atoms with van der Waals surface area (Å²) in [4.78, 5) is 67.1. The summed E-state index contributed by atoms with van der Waals surface area (Å²) < 4.78 is 12.3. The van der Waals surface area contributed by atoms with Crippen LogP contribution in [0.2, 0.25) is 0 Å². The predicted molar refractivity (Wildman–Crippen MR) is 320 cm³/mol. The molecule has 0 spiro atoms. The van der Waals surface area contributed by atoms with Crippen LogP contribution in [-0.4, -0.2) is 147 Å². The average Bonchev–Trinajstić information content (AvgIpc) is 3.35. The number of ether oxygens (including phenoxy) is 2. The van der Waals surface area contributed by atoms with Crippen LogP contribution in [0.1, 0.15) is 151 Å². The molecule has 77 heavy (non-hydrogen) atoms. The summed E-state index contributed by atoms with van der Waals surface area (Å²) in [5.41, 5.74) is 9.51. The molecular weight excluding hydrogens is 1040 g/mol. The molecule has 5 amide bonds. The highest BCUT2D eigenvalue weighted by molar-refractivity contribution is 9.10. The number of amides is 5. The SMILES string of the molecule is C.C.CN(C)C(=O)CN.C[C@@H]1CC[C@@H](c2ccc(NCC(=O)N(C)C)cc2)NC1.C[C@H]1CC[C@@H](c2ccc(NCC(=O)N(C)C)cc2)N(C(=O)OC(C)(C)C)C1.C[C@H]1CC[C@H](c2ccc(Br)cc2)N(C(=O)OC(C)(C)C)C1. The van der Waals surface area contributed by atoms with Crippen molar-refractivity contribution in [1.29, 1.82) is 0 Å². The number of likely N-dealkylation sites (N-methyl/N-ethyl adjacent to an activating group) is 3. The number of likely N-dealkylation sites (tertiary alicyclic amines) is 2. The van der Waals surface area contributed by atoms with Crippen LogP contribution >= 0.6 is 15.9 Å². The van der Waals surface area contributed by atoms with Gasteiger partial charge in [-0.3, -0.25) is 14.4 Å². The zero-order valence-corrected chi connectivity index (χ0v) is 49.5. The number of nitrogens with one attached hydrogen (secondary N) is 3. The summed E-state index contributed by atoms with van der Waals surface area (Å²) in [6, 6.07) is 25.2. The summed E-state index contributed by atoms with van der Waals surface area (Å²) in [6.45, 7) is 21.3. The van der Waals surface area contributed by atoms with Crippen LogP contribution in [0.25, 0.3) is 0 Å². The number of carbonyl (C=O) groups excluding carboxylic acids is 5. The van der Waals surface area contributed by atoms with Crippen LogP contribution in [-0.2, 0) is 23.9 Å².